The first-order valence-electron chi connectivity index (χ1n) is 6.30. The Labute approximate surface area is 103 Å². The van der Waals surface area contributed by atoms with E-state index in [1.54, 1.807) is 0 Å². The van der Waals surface area contributed by atoms with Crippen molar-refractivity contribution >= 4 is 11.0 Å². The molecule has 0 amide bonds. The van der Waals surface area contributed by atoms with Crippen LogP contribution in [-0.4, -0.2) is 16.1 Å². The average molecular weight is 231 g/mol. The largest absolute Gasteiger partial charge is 0.331 e. The lowest BCUT2D eigenvalue weighted by molar-refractivity contribution is 0.572. The number of nitrogens with two attached hydrogens (primary N) is 1. The Hall–Kier alpha value is -1.35. The molecule has 0 aliphatic rings. The van der Waals surface area contributed by atoms with E-state index in [1.165, 1.54) is 11.1 Å². The summed E-state index contributed by atoms with van der Waals surface area (Å²) in [6.07, 6.45) is 2.25. The summed E-state index contributed by atoms with van der Waals surface area (Å²) in [5.41, 5.74) is 9.39. The lowest BCUT2D eigenvalue weighted by Gasteiger charge is -2.13. The number of nitrogens with zero attached hydrogens (tertiary/aromatic N) is 2. The van der Waals surface area contributed by atoms with E-state index < -0.39 is 0 Å². The highest BCUT2D eigenvalue weighted by Gasteiger charge is 2.16. The normalized spacial score (nSPS) is 13.2. The van der Waals surface area contributed by atoms with Gasteiger partial charge in [0.05, 0.1) is 11.0 Å². The Balaban J connectivity index is 2.50. The predicted molar refractivity (Wildman–Crippen MR) is 72.2 cm³/mol. The zero-order chi connectivity index (χ0) is 12.4. The van der Waals surface area contributed by atoms with Gasteiger partial charge in [0, 0.05) is 19.5 Å². The summed E-state index contributed by atoms with van der Waals surface area (Å²) >= 11 is 0. The number of rotatable bonds is 4. The van der Waals surface area contributed by atoms with Crippen LogP contribution in [-0.2, 0) is 7.05 Å². The Morgan fingerprint density at radius 1 is 1.41 bits per heavy atom. The molecule has 17 heavy (non-hydrogen) atoms. The van der Waals surface area contributed by atoms with Crippen molar-refractivity contribution in [2.45, 2.75) is 32.6 Å². The molecule has 3 nitrogen and oxygen atoms in total. The monoisotopic (exact) mass is 231 g/mol. The van der Waals surface area contributed by atoms with Crippen LogP contribution in [0, 0.1) is 6.92 Å². The van der Waals surface area contributed by atoms with E-state index in [4.69, 9.17) is 10.7 Å². The average Bonchev–Trinajstić information content (AvgIpc) is 2.63. The molecule has 0 bridgehead atoms. The van der Waals surface area contributed by atoms with Crippen molar-refractivity contribution in [1.29, 1.82) is 0 Å². The molecule has 0 radical (unpaired) electrons. The van der Waals surface area contributed by atoms with E-state index in [0.717, 1.165) is 24.2 Å². The minimum absolute atomic E-state index is 0.373. The molecule has 1 atom stereocenters. The van der Waals surface area contributed by atoms with E-state index in [9.17, 15) is 0 Å². The van der Waals surface area contributed by atoms with Gasteiger partial charge in [-0.25, -0.2) is 4.98 Å². The summed E-state index contributed by atoms with van der Waals surface area (Å²) in [7, 11) is 2.08. The van der Waals surface area contributed by atoms with Crippen molar-refractivity contribution in [2.24, 2.45) is 12.8 Å². The van der Waals surface area contributed by atoms with Crippen molar-refractivity contribution in [3.63, 3.8) is 0 Å². The van der Waals surface area contributed by atoms with E-state index in [1.807, 2.05) is 0 Å². The number of imidazole rings is 1. The van der Waals surface area contributed by atoms with Crippen LogP contribution in [0.2, 0.25) is 0 Å². The number of aromatic nitrogens is 2. The molecule has 2 N–H and O–H groups in total. The Morgan fingerprint density at radius 2 is 2.18 bits per heavy atom. The van der Waals surface area contributed by atoms with Gasteiger partial charge in [-0.05, 0) is 31.0 Å². The highest BCUT2D eigenvalue weighted by Crippen LogP contribution is 2.24. The maximum atomic E-state index is 5.86. The van der Waals surface area contributed by atoms with Crippen LogP contribution >= 0.6 is 0 Å². The van der Waals surface area contributed by atoms with Crippen molar-refractivity contribution < 1.29 is 0 Å². The number of aryl methyl sites for hydroxylation is 2. The first kappa shape index (κ1) is 12.1. The van der Waals surface area contributed by atoms with Gasteiger partial charge in [0.2, 0.25) is 0 Å². The van der Waals surface area contributed by atoms with Crippen LogP contribution < -0.4 is 5.73 Å². The fourth-order valence-electron chi connectivity index (χ4n) is 2.39. The summed E-state index contributed by atoms with van der Waals surface area (Å²) in [6.45, 7) is 4.96. The topological polar surface area (TPSA) is 43.8 Å². The molecular formula is C14H21N3. The number of fused-ring (bicyclic) bond motifs is 1. The van der Waals surface area contributed by atoms with Crippen molar-refractivity contribution in [2.75, 3.05) is 6.54 Å². The van der Waals surface area contributed by atoms with Crippen molar-refractivity contribution in [3.05, 3.63) is 29.6 Å². The molecule has 0 spiro atoms. The number of hydrogen-bond acceptors (Lipinski definition) is 2. The highest BCUT2D eigenvalue weighted by atomic mass is 15.1. The lowest BCUT2D eigenvalue weighted by Crippen LogP contribution is -2.16. The van der Waals surface area contributed by atoms with E-state index in [-0.39, 0.29) is 0 Å². The molecule has 1 heterocycles. The SMILES string of the molecule is CCCC(CN)c1nc2cc(C)ccc2n1C. The molecular weight excluding hydrogens is 210 g/mol. The number of hydrogen-bond donors (Lipinski definition) is 1. The first-order valence-corrected chi connectivity index (χ1v) is 6.30. The second-order valence-electron chi connectivity index (χ2n) is 4.74. The molecule has 3 heteroatoms. The molecule has 0 saturated heterocycles. The smallest absolute Gasteiger partial charge is 0.114 e. The first-order chi connectivity index (χ1) is 8.17. The third-order valence-corrected chi connectivity index (χ3v) is 3.36. The maximum absolute atomic E-state index is 5.86. The lowest BCUT2D eigenvalue weighted by atomic mass is 10.0. The van der Waals surface area contributed by atoms with Gasteiger partial charge >= 0.3 is 0 Å². The molecule has 2 aromatic rings. The van der Waals surface area contributed by atoms with Crippen LogP contribution in [0.5, 0.6) is 0 Å². The third kappa shape index (κ3) is 2.20. The van der Waals surface area contributed by atoms with Crippen LogP contribution in [0.15, 0.2) is 18.2 Å². The minimum atomic E-state index is 0.373. The van der Waals surface area contributed by atoms with Crippen LogP contribution in [0.25, 0.3) is 11.0 Å². The van der Waals surface area contributed by atoms with Crippen LogP contribution in [0.4, 0.5) is 0 Å². The van der Waals surface area contributed by atoms with Crippen LogP contribution in [0.3, 0.4) is 0 Å². The molecule has 1 aromatic carbocycles. The van der Waals surface area contributed by atoms with E-state index in [2.05, 4.69) is 43.7 Å². The molecule has 0 aliphatic heterocycles. The third-order valence-electron chi connectivity index (χ3n) is 3.36. The Morgan fingerprint density at radius 3 is 2.82 bits per heavy atom. The van der Waals surface area contributed by atoms with E-state index >= 15 is 0 Å². The zero-order valence-electron chi connectivity index (χ0n) is 10.9. The molecule has 2 rings (SSSR count). The second kappa shape index (κ2) is 4.88. The van der Waals surface area contributed by atoms with Gasteiger partial charge in [-0.15, -0.1) is 0 Å². The van der Waals surface area contributed by atoms with Crippen LogP contribution in [0.1, 0.15) is 37.1 Å². The van der Waals surface area contributed by atoms with Crippen molar-refractivity contribution in [1.82, 2.24) is 9.55 Å². The van der Waals surface area contributed by atoms with Gasteiger partial charge < -0.3 is 10.3 Å². The minimum Gasteiger partial charge on any atom is -0.331 e. The second-order valence-corrected chi connectivity index (χ2v) is 4.74. The van der Waals surface area contributed by atoms with Gasteiger partial charge in [0.25, 0.3) is 0 Å². The quantitative estimate of drug-likeness (QED) is 0.879. The fourth-order valence-corrected chi connectivity index (χ4v) is 2.39. The molecule has 92 valence electrons. The fraction of sp³-hybridized carbons (Fsp3) is 0.500. The van der Waals surface area contributed by atoms with Gasteiger partial charge in [-0.3, -0.25) is 0 Å². The summed E-state index contributed by atoms with van der Waals surface area (Å²) in [4.78, 5) is 4.75. The standard InChI is InChI=1S/C14H21N3/c1-4-5-11(9-15)14-16-12-8-10(2)6-7-13(12)17(14)3/h6-8,11H,4-5,9,15H2,1-3H3. The van der Waals surface area contributed by atoms with Gasteiger partial charge in [0.15, 0.2) is 0 Å². The summed E-state index contributed by atoms with van der Waals surface area (Å²) in [6, 6.07) is 6.41. The zero-order valence-corrected chi connectivity index (χ0v) is 10.9. The number of benzene rings is 1. The predicted octanol–water partition coefficient (Wildman–Crippen LogP) is 2.72. The Kier molecular flexibility index (Phi) is 3.48. The maximum Gasteiger partial charge on any atom is 0.114 e. The highest BCUT2D eigenvalue weighted by molar-refractivity contribution is 5.76. The summed E-state index contributed by atoms with van der Waals surface area (Å²) in [5.74, 6) is 1.49. The van der Waals surface area contributed by atoms with Gasteiger partial charge in [0.1, 0.15) is 5.82 Å². The Bertz CT molecular complexity index is 513. The van der Waals surface area contributed by atoms with Crippen molar-refractivity contribution in [3.8, 4) is 0 Å². The van der Waals surface area contributed by atoms with E-state index in [0.29, 0.717) is 12.5 Å². The molecule has 0 aliphatic carbocycles. The molecule has 0 saturated carbocycles. The summed E-state index contributed by atoms with van der Waals surface area (Å²) < 4.78 is 2.18. The molecule has 1 aromatic heterocycles. The summed E-state index contributed by atoms with van der Waals surface area (Å²) in [5, 5.41) is 0. The molecule has 0 fully saturated rings. The van der Waals surface area contributed by atoms with Gasteiger partial charge in [-0.2, -0.15) is 0 Å². The molecule has 1 unspecified atom stereocenters. The van der Waals surface area contributed by atoms with Gasteiger partial charge in [-0.1, -0.05) is 19.4 Å².